The minimum absolute atomic E-state index is 0.113. The third-order valence-electron chi connectivity index (χ3n) is 4.01. The van der Waals surface area contributed by atoms with Crippen LogP contribution in [0.2, 0.25) is 0 Å². The van der Waals surface area contributed by atoms with Crippen molar-refractivity contribution >= 4 is 11.9 Å². The summed E-state index contributed by atoms with van der Waals surface area (Å²) >= 11 is 0. The summed E-state index contributed by atoms with van der Waals surface area (Å²) in [4.78, 5) is 18.3. The molecule has 4 rings (SSSR count). The van der Waals surface area contributed by atoms with Crippen molar-refractivity contribution in [2.75, 3.05) is 6.54 Å². The van der Waals surface area contributed by atoms with E-state index in [0.29, 0.717) is 25.1 Å². The second-order valence-corrected chi connectivity index (χ2v) is 4.94. The Morgan fingerprint density at radius 3 is 3.22 bits per heavy atom. The topological polar surface area (TPSA) is 95.9 Å². The van der Waals surface area contributed by atoms with Crippen LogP contribution in [0.15, 0.2) is 23.3 Å². The fourth-order valence-corrected chi connectivity index (χ4v) is 3.34. The molecule has 3 aliphatic heterocycles. The number of aliphatic hydroxyl groups is 1. The first kappa shape index (κ1) is 9.95. The number of rotatable bonds is 0. The second kappa shape index (κ2) is 2.69. The molecule has 7 nitrogen and oxygen atoms in total. The van der Waals surface area contributed by atoms with E-state index in [1.165, 1.54) is 0 Å². The van der Waals surface area contributed by atoms with Crippen LogP contribution in [0, 0.1) is 0 Å². The molecule has 0 saturated carbocycles. The lowest BCUT2D eigenvalue weighted by Gasteiger charge is -2.46. The molecule has 1 aromatic heterocycles. The maximum Gasteiger partial charge on any atom is 0.274 e. The highest BCUT2D eigenvalue weighted by Gasteiger charge is 2.67. The van der Waals surface area contributed by atoms with Crippen LogP contribution in [0.5, 0.6) is 0 Å². The number of piperidine rings is 1. The van der Waals surface area contributed by atoms with E-state index in [2.05, 4.69) is 10.3 Å². The fraction of sp³-hybridized carbons (Fsp3) is 0.455. The highest BCUT2D eigenvalue weighted by molar-refractivity contribution is 5.97. The number of hydrogen-bond acceptors (Lipinski definition) is 5. The third kappa shape index (κ3) is 0.808. The van der Waals surface area contributed by atoms with E-state index in [1.807, 2.05) is 0 Å². The van der Waals surface area contributed by atoms with Crippen molar-refractivity contribution in [2.45, 2.75) is 24.4 Å². The Morgan fingerprint density at radius 1 is 1.56 bits per heavy atom. The largest absolute Gasteiger partial charge is 0.370 e. The monoisotopic (exact) mass is 247 g/mol. The Kier molecular flexibility index (Phi) is 1.49. The maximum absolute atomic E-state index is 12.3. The molecule has 1 spiro atoms. The summed E-state index contributed by atoms with van der Waals surface area (Å²) in [5.41, 5.74) is 4.94. The zero-order valence-electron chi connectivity index (χ0n) is 9.63. The van der Waals surface area contributed by atoms with Gasteiger partial charge in [-0.1, -0.05) is 0 Å². The average Bonchev–Trinajstić information content (AvgIpc) is 2.92. The summed E-state index contributed by atoms with van der Waals surface area (Å²) in [5.74, 6) is -1.09. The summed E-state index contributed by atoms with van der Waals surface area (Å²) in [6, 6.07) is 3.51. The van der Waals surface area contributed by atoms with E-state index in [-0.39, 0.29) is 11.9 Å². The van der Waals surface area contributed by atoms with Gasteiger partial charge in [0.15, 0.2) is 5.96 Å². The second-order valence-electron chi connectivity index (χ2n) is 4.94. The van der Waals surface area contributed by atoms with Crippen molar-refractivity contribution in [1.29, 1.82) is 0 Å². The lowest BCUT2D eigenvalue weighted by atomic mass is 9.94. The lowest BCUT2D eigenvalue weighted by molar-refractivity contribution is -0.156. The minimum Gasteiger partial charge on any atom is -0.370 e. The molecule has 2 unspecified atom stereocenters. The van der Waals surface area contributed by atoms with Crippen LogP contribution in [0.3, 0.4) is 0 Å². The number of amides is 1. The zero-order valence-corrected chi connectivity index (χ0v) is 9.63. The molecule has 7 heteroatoms. The number of fused-ring (bicyclic) bond motifs is 1. The van der Waals surface area contributed by atoms with E-state index < -0.39 is 11.5 Å². The summed E-state index contributed by atoms with van der Waals surface area (Å²) < 4.78 is 1.71. The van der Waals surface area contributed by atoms with Crippen molar-refractivity contribution in [3.63, 3.8) is 0 Å². The molecule has 2 atom stereocenters. The average molecular weight is 247 g/mol. The number of aliphatic imine (C=N–C) groups is 1. The predicted octanol–water partition coefficient (Wildman–Crippen LogP) is -1.05. The van der Waals surface area contributed by atoms with Gasteiger partial charge in [0, 0.05) is 19.2 Å². The highest BCUT2D eigenvalue weighted by Crippen LogP contribution is 2.48. The van der Waals surface area contributed by atoms with E-state index in [4.69, 9.17) is 5.73 Å². The van der Waals surface area contributed by atoms with Gasteiger partial charge in [0.25, 0.3) is 11.7 Å². The normalized spacial score (nSPS) is 36.8. The zero-order chi connectivity index (χ0) is 12.5. The number of nitrogens with two attached hydrogens (primary N) is 1. The Labute approximate surface area is 103 Å². The summed E-state index contributed by atoms with van der Waals surface area (Å²) in [7, 11) is 0. The van der Waals surface area contributed by atoms with Gasteiger partial charge >= 0.3 is 0 Å². The molecule has 0 aliphatic carbocycles. The van der Waals surface area contributed by atoms with E-state index >= 15 is 0 Å². The number of carbonyl (C=O) groups is 1. The van der Waals surface area contributed by atoms with Crippen LogP contribution in [-0.4, -0.2) is 38.7 Å². The van der Waals surface area contributed by atoms with Crippen molar-refractivity contribution in [3.05, 3.63) is 24.0 Å². The highest BCUT2D eigenvalue weighted by atomic mass is 16.3. The standard InChI is InChI=1S/C11H13N5O2/c12-9-13-10(18)4-2-6-16-8(17)7-3-1-5-15(7)11(10,16)14-9/h1,3,5,18H,2,4,6H2,(H3,12,13,14). The van der Waals surface area contributed by atoms with Crippen molar-refractivity contribution in [3.8, 4) is 0 Å². The predicted molar refractivity (Wildman–Crippen MR) is 62.4 cm³/mol. The summed E-state index contributed by atoms with van der Waals surface area (Å²) in [6.45, 7) is 0.571. The van der Waals surface area contributed by atoms with Gasteiger partial charge in [-0.2, -0.15) is 4.99 Å². The molecule has 94 valence electrons. The van der Waals surface area contributed by atoms with Gasteiger partial charge < -0.3 is 16.2 Å². The molecule has 3 aliphatic rings. The first-order valence-corrected chi connectivity index (χ1v) is 5.94. The molecular weight excluding hydrogens is 234 g/mol. The molecule has 4 N–H and O–H groups in total. The van der Waals surface area contributed by atoms with Gasteiger partial charge in [0.2, 0.25) is 5.72 Å². The molecular formula is C11H13N5O2. The SMILES string of the molecule is NC1=NC23N(CCCC2(O)N1)C(=O)c1cccn13. The first-order chi connectivity index (χ1) is 8.58. The van der Waals surface area contributed by atoms with Gasteiger partial charge in [-0.3, -0.25) is 14.3 Å². The summed E-state index contributed by atoms with van der Waals surface area (Å²) in [5, 5.41) is 13.6. The molecule has 4 heterocycles. The molecule has 0 radical (unpaired) electrons. The Hall–Kier alpha value is -2.02. The molecule has 0 aromatic carbocycles. The third-order valence-corrected chi connectivity index (χ3v) is 4.01. The smallest absolute Gasteiger partial charge is 0.274 e. The molecule has 1 saturated heterocycles. The van der Waals surface area contributed by atoms with Crippen LogP contribution in [0.1, 0.15) is 23.3 Å². The van der Waals surface area contributed by atoms with E-state index in [1.54, 1.807) is 27.8 Å². The van der Waals surface area contributed by atoms with Gasteiger partial charge in [-0.25, -0.2) is 0 Å². The van der Waals surface area contributed by atoms with Crippen LogP contribution in [0.25, 0.3) is 0 Å². The van der Waals surface area contributed by atoms with Crippen molar-refractivity contribution in [2.24, 2.45) is 10.7 Å². The Balaban J connectivity index is 2.04. The van der Waals surface area contributed by atoms with Gasteiger partial charge in [-0.05, 0) is 18.6 Å². The Morgan fingerprint density at radius 2 is 2.39 bits per heavy atom. The number of hydrogen-bond donors (Lipinski definition) is 3. The van der Waals surface area contributed by atoms with E-state index in [0.717, 1.165) is 0 Å². The van der Waals surface area contributed by atoms with E-state index in [9.17, 15) is 9.90 Å². The van der Waals surface area contributed by atoms with Crippen molar-refractivity contribution < 1.29 is 9.90 Å². The van der Waals surface area contributed by atoms with Crippen molar-refractivity contribution in [1.82, 2.24) is 14.8 Å². The number of guanidine groups is 1. The summed E-state index contributed by atoms with van der Waals surface area (Å²) in [6.07, 6.45) is 2.97. The van der Waals surface area contributed by atoms with Crippen LogP contribution >= 0.6 is 0 Å². The van der Waals surface area contributed by atoms with Crippen LogP contribution in [-0.2, 0) is 5.79 Å². The number of nitrogens with one attached hydrogen (secondary N) is 1. The molecule has 1 amide bonds. The van der Waals surface area contributed by atoms with Crippen LogP contribution < -0.4 is 11.1 Å². The minimum atomic E-state index is -1.32. The molecule has 1 aromatic rings. The fourth-order valence-electron chi connectivity index (χ4n) is 3.34. The maximum atomic E-state index is 12.3. The quantitative estimate of drug-likeness (QED) is 0.545. The molecule has 0 bridgehead atoms. The van der Waals surface area contributed by atoms with Gasteiger partial charge in [-0.15, -0.1) is 0 Å². The Bertz CT molecular complexity index is 594. The van der Waals surface area contributed by atoms with Gasteiger partial charge in [0.1, 0.15) is 5.69 Å². The molecule has 18 heavy (non-hydrogen) atoms. The number of carbonyl (C=O) groups excluding carboxylic acids is 1. The molecule has 1 fully saturated rings. The van der Waals surface area contributed by atoms with Crippen LogP contribution in [0.4, 0.5) is 0 Å². The van der Waals surface area contributed by atoms with Gasteiger partial charge in [0.05, 0.1) is 0 Å². The lowest BCUT2D eigenvalue weighted by Crippen LogP contribution is -2.67. The first-order valence-electron chi connectivity index (χ1n) is 5.94. The number of nitrogens with zero attached hydrogens (tertiary/aromatic N) is 3. The number of aromatic nitrogens is 1.